The summed E-state index contributed by atoms with van der Waals surface area (Å²) in [6.07, 6.45) is 0. The van der Waals surface area contributed by atoms with Crippen molar-refractivity contribution in [2.24, 2.45) is 11.5 Å². The first-order valence-corrected chi connectivity index (χ1v) is 4.32. The zero-order valence-electron chi connectivity index (χ0n) is 7.79. The van der Waals surface area contributed by atoms with Crippen molar-refractivity contribution < 1.29 is 4.79 Å². The van der Waals surface area contributed by atoms with Crippen molar-refractivity contribution >= 4 is 17.4 Å². The van der Waals surface area contributed by atoms with Gasteiger partial charge < -0.3 is 22.1 Å². The average molecular weight is 194 g/mol. The average Bonchev–Trinajstić information content (AvgIpc) is 2.17. The fraction of sp³-hybridized carbons (Fsp3) is 0.222. The number of hydrogen-bond donors (Lipinski definition) is 4. The van der Waals surface area contributed by atoms with Gasteiger partial charge in [0, 0.05) is 13.1 Å². The number of rotatable bonds is 0. The van der Waals surface area contributed by atoms with Crippen LogP contribution >= 0.6 is 0 Å². The van der Waals surface area contributed by atoms with Crippen LogP contribution < -0.4 is 22.1 Å². The highest BCUT2D eigenvalue weighted by molar-refractivity contribution is 5.70. The molecule has 76 valence electrons. The number of amides is 2. The van der Waals surface area contributed by atoms with Gasteiger partial charge in [0.15, 0.2) is 0 Å². The van der Waals surface area contributed by atoms with Gasteiger partial charge in [-0.15, -0.1) is 0 Å². The summed E-state index contributed by atoms with van der Waals surface area (Å²) in [6, 6.07) is 7.42. The third-order valence-corrected chi connectivity index (χ3v) is 1.68. The van der Waals surface area contributed by atoms with Crippen LogP contribution in [0.25, 0.3) is 0 Å². The van der Waals surface area contributed by atoms with E-state index in [-0.39, 0.29) is 0 Å². The molecule has 0 aromatic heterocycles. The summed E-state index contributed by atoms with van der Waals surface area (Å²) >= 11 is 0. The minimum absolute atomic E-state index is 0.833. The van der Waals surface area contributed by atoms with Gasteiger partial charge in [0.2, 0.25) is 0 Å². The SMILES string of the molecule is NC(N)=O.c1ccc2c(c1)NCCN2. The molecule has 1 heterocycles. The monoisotopic (exact) mass is 194 g/mol. The predicted molar refractivity (Wildman–Crippen MR) is 57.2 cm³/mol. The molecule has 1 aliphatic heterocycles. The lowest BCUT2D eigenvalue weighted by molar-refractivity contribution is 0.256. The molecule has 0 saturated carbocycles. The Morgan fingerprint density at radius 1 is 1.07 bits per heavy atom. The second-order valence-electron chi connectivity index (χ2n) is 2.80. The summed E-state index contributed by atoms with van der Waals surface area (Å²) in [5, 5.41) is 6.60. The second-order valence-corrected chi connectivity index (χ2v) is 2.80. The van der Waals surface area contributed by atoms with Crippen LogP contribution in [0.5, 0.6) is 0 Å². The van der Waals surface area contributed by atoms with Gasteiger partial charge in [-0.3, -0.25) is 0 Å². The summed E-state index contributed by atoms with van der Waals surface area (Å²) in [7, 11) is 0. The Balaban J connectivity index is 0.000000213. The van der Waals surface area contributed by atoms with Gasteiger partial charge in [0.05, 0.1) is 11.4 Å². The van der Waals surface area contributed by atoms with Crippen LogP contribution in [0.1, 0.15) is 0 Å². The largest absolute Gasteiger partial charge is 0.382 e. The molecule has 0 radical (unpaired) electrons. The lowest BCUT2D eigenvalue weighted by atomic mass is 10.2. The normalized spacial score (nSPS) is 12.3. The molecular formula is C9H14N4O. The van der Waals surface area contributed by atoms with Crippen LogP contribution in [-0.2, 0) is 0 Å². The smallest absolute Gasteiger partial charge is 0.309 e. The first-order chi connectivity index (χ1) is 6.70. The van der Waals surface area contributed by atoms with Gasteiger partial charge in [-0.05, 0) is 12.1 Å². The van der Waals surface area contributed by atoms with E-state index in [9.17, 15) is 0 Å². The van der Waals surface area contributed by atoms with E-state index in [0.717, 1.165) is 13.1 Å². The lowest BCUT2D eigenvalue weighted by Gasteiger charge is -2.18. The molecule has 0 fully saturated rings. The van der Waals surface area contributed by atoms with E-state index in [1.54, 1.807) is 0 Å². The summed E-state index contributed by atoms with van der Waals surface area (Å²) < 4.78 is 0. The lowest BCUT2D eigenvalue weighted by Crippen LogP contribution is -2.19. The Morgan fingerprint density at radius 2 is 1.43 bits per heavy atom. The van der Waals surface area contributed by atoms with Gasteiger partial charge in [0.25, 0.3) is 0 Å². The highest BCUT2D eigenvalue weighted by atomic mass is 16.2. The quantitative estimate of drug-likeness (QED) is 0.486. The fourth-order valence-corrected chi connectivity index (χ4v) is 1.19. The summed E-state index contributed by atoms with van der Waals surface area (Å²) in [5.74, 6) is 0. The molecule has 2 amide bonds. The maximum atomic E-state index is 9.00. The van der Waals surface area contributed by atoms with Crippen LogP contribution in [0.2, 0.25) is 0 Å². The van der Waals surface area contributed by atoms with Gasteiger partial charge >= 0.3 is 6.03 Å². The third-order valence-electron chi connectivity index (χ3n) is 1.68. The number of fused-ring (bicyclic) bond motifs is 1. The van der Waals surface area contributed by atoms with Gasteiger partial charge in [0.1, 0.15) is 0 Å². The molecule has 6 N–H and O–H groups in total. The highest BCUT2D eigenvalue weighted by Crippen LogP contribution is 2.22. The third kappa shape index (κ3) is 3.22. The number of carbonyl (C=O) groups is 1. The van der Waals surface area contributed by atoms with E-state index < -0.39 is 6.03 Å². The fourth-order valence-electron chi connectivity index (χ4n) is 1.19. The minimum atomic E-state index is -0.833. The zero-order chi connectivity index (χ0) is 10.4. The van der Waals surface area contributed by atoms with Crippen molar-refractivity contribution in [3.8, 4) is 0 Å². The van der Waals surface area contributed by atoms with E-state index in [1.807, 2.05) is 12.1 Å². The Morgan fingerprint density at radius 3 is 1.79 bits per heavy atom. The Hall–Kier alpha value is -1.91. The number of urea groups is 1. The first-order valence-electron chi connectivity index (χ1n) is 4.32. The maximum Gasteiger partial charge on any atom is 0.309 e. The highest BCUT2D eigenvalue weighted by Gasteiger charge is 2.03. The second kappa shape index (κ2) is 4.96. The number of anilines is 2. The number of primary amides is 2. The van der Waals surface area contributed by atoms with Gasteiger partial charge in [-0.2, -0.15) is 0 Å². The number of para-hydroxylation sites is 2. The number of hydrogen-bond acceptors (Lipinski definition) is 3. The van der Waals surface area contributed by atoms with Crippen LogP contribution in [0.3, 0.4) is 0 Å². The molecule has 14 heavy (non-hydrogen) atoms. The van der Waals surface area contributed by atoms with Crippen LogP contribution in [0, 0.1) is 0 Å². The summed E-state index contributed by atoms with van der Waals surface area (Å²) in [6.45, 7) is 2.05. The molecule has 5 nitrogen and oxygen atoms in total. The number of nitrogens with two attached hydrogens (primary N) is 2. The van der Waals surface area contributed by atoms with Gasteiger partial charge in [-0.1, -0.05) is 12.1 Å². The molecular weight excluding hydrogens is 180 g/mol. The molecule has 0 aliphatic carbocycles. The topological polar surface area (TPSA) is 93.2 Å². The van der Waals surface area contributed by atoms with Gasteiger partial charge in [-0.25, -0.2) is 4.79 Å². The molecule has 0 spiro atoms. The predicted octanol–water partition coefficient (Wildman–Crippen LogP) is 0.548. The molecule has 0 bridgehead atoms. The minimum Gasteiger partial charge on any atom is -0.382 e. The summed E-state index contributed by atoms with van der Waals surface area (Å²) in [5.41, 5.74) is 10.9. The van der Waals surface area contributed by atoms with E-state index >= 15 is 0 Å². The van der Waals surface area contributed by atoms with Crippen molar-refractivity contribution in [1.29, 1.82) is 0 Å². The van der Waals surface area contributed by atoms with Crippen molar-refractivity contribution in [1.82, 2.24) is 0 Å². The Labute approximate surface area is 82.5 Å². The Kier molecular flexibility index (Phi) is 3.60. The molecule has 1 aromatic carbocycles. The number of benzene rings is 1. The van der Waals surface area contributed by atoms with Crippen LogP contribution in [0.15, 0.2) is 24.3 Å². The molecule has 0 unspecified atom stereocenters. The summed E-state index contributed by atoms with van der Waals surface area (Å²) in [4.78, 5) is 9.00. The molecule has 1 aromatic rings. The van der Waals surface area contributed by atoms with E-state index in [2.05, 4.69) is 34.2 Å². The van der Waals surface area contributed by atoms with Crippen LogP contribution in [0.4, 0.5) is 16.2 Å². The Bertz CT molecular complexity index is 284. The van der Waals surface area contributed by atoms with Crippen LogP contribution in [-0.4, -0.2) is 19.1 Å². The molecule has 5 heteroatoms. The molecule has 1 aliphatic rings. The van der Waals surface area contributed by atoms with E-state index in [1.165, 1.54) is 11.4 Å². The molecule has 0 saturated heterocycles. The standard InChI is InChI=1S/C8H10N2.CH4N2O/c1-2-4-8-7(3-1)9-5-6-10-8;2-1(3)4/h1-4,9-10H,5-6H2;(H4,2,3,4). The van der Waals surface area contributed by atoms with Crippen molar-refractivity contribution in [3.63, 3.8) is 0 Å². The number of nitrogens with one attached hydrogen (secondary N) is 2. The molecule has 0 atom stereocenters. The van der Waals surface area contributed by atoms with Crippen molar-refractivity contribution in [2.75, 3.05) is 23.7 Å². The number of carbonyl (C=O) groups excluding carboxylic acids is 1. The van der Waals surface area contributed by atoms with E-state index in [4.69, 9.17) is 4.79 Å². The van der Waals surface area contributed by atoms with Crippen molar-refractivity contribution in [3.05, 3.63) is 24.3 Å². The molecule has 2 rings (SSSR count). The first kappa shape index (κ1) is 10.2. The van der Waals surface area contributed by atoms with E-state index in [0.29, 0.717) is 0 Å². The maximum absolute atomic E-state index is 9.00. The van der Waals surface area contributed by atoms with Crippen molar-refractivity contribution in [2.45, 2.75) is 0 Å². The zero-order valence-corrected chi connectivity index (χ0v) is 7.79.